The van der Waals surface area contributed by atoms with Gasteiger partial charge >= 0.3 is 11.6 Å². The molecular formula is C22H17NO5. The molecule has 4 rings (SSSR count). The van der Waals surface area contributed by atoms with Crippen molar-refractivity contribution in [2.45, 2.75) is 13.8 Å². The lowest BCUT2D eigenvalue weighted by molar-refractivity contribution is 0.0601. The topological polar surface area (TPSA) is 78.6 Å². The fourth-order valence-electron chi connectivity index (χ4n) is 3.15. The van der Waals surface area contributed by atoms with Gasteiger partial charge in [-0.25, -0.2) is 9.59 Å². The molecule has 0 radical (unpaired) electrons. The summed E-state index contributed by atoms with van der Waals surface area (Å²) in [4.78, 5) is 28.0. The van der Waals surface area contributed by atoms with Crippen LogP contribution in [0.3, 0.4) is 0 Å². The van der Waals surface area contributed by atoms with Crippen LogP contribution in [0.5, 0.6) is 11.5 Å². The predicted octanol–water partition coefficient (Wildman–Crippen LogP) is 4.54. The van der Waals surface area contributed by atoms with E-state index in [1.165, 1.54) is 13.2 Å². The Bertz CT molecular complexity index is 1290. The van der Waals surface area contributed by atoms with E-state index in [-0.39, 0.29) is 0 Å². The lowest BCUT2D eigenvalue weighted by Gasteiger charge is -2.11. The van der Waals surface area contributed by atoms with Crippen LogP contribution in [0.4, 0.5) is 0 Å². The highest BCUT2D eigenvalue weighted by atomic mass is 16.5. The Morgan fingerprint density at radius 2 is 1.82 bits per heavy atom. The van der Waals surface area contributed by atoms with E-state index in [4.69, 9.17) is 13.9 Å². The van der Waals surface area contributed by atoms with Crippen molar-refractivity contribution in [1.29, 1.82) is 0 Å². The Labute approximate surface area is 160 Å². The third-order valence-corrected chi connectivity index (χ3v) is 4.47. The van der Waals surface area contributed by atoms with E-state index < -0.39 is 11.6 Å². The number of nitrogens with zero attached hydrogens (tertiary/aromatic N) is 1. The summed E-state index contributed by atoms with van der Waals surface area (Å²) in [5.74, 6) is 0.621. The van der Waals surface area contributed by atoms with E-state index in [1.54, 1.807) is 36.4 Å². The summed E-state index contributed by atoms with van der Waals surface area (Å²) in [5, 5.41) is 1.52. The molecule has 140 valence electrons. The maximum absolute atomic E-state index is 11.9. The minimum absolute atomic E-state index is 0.407. The average molecular weight is 375 g/mol. The molecule has 0 aliphatic rings. The van der Waals surface area contributed by atoms with Crippen LogP contribution in [0.2, 0.25) is 0 Å². The number of hydrogen-bond acceptors (Lipinski definition) is 6. The summed E-state index contributed by atoms with van der Waals surface area (Å²) in [6, 6.07) is 13.7. The van der Waals surface area contributed by atoms with Crippen molar-refractivity contribution in [2.75, 3.05) is 7.11 Å². The van der Waals surface area contributed by atoms with E-state index >= 15 is 0 Å². The van der Waals surface area contributed by atoms with E-state index in [0.717, 1.165) is 16.6 Å². The Morgan fingerprint density at radius 1 is 1.00 bits per heavy atom. The van der Waals surface area contributed by atoms with Gasteiger partial charge in [0.1, 0.15) is 17.1 Å². The number of benzene rings is 2. The van der Waals surface area contributed by atoms with Crippen molar-refractivity contribution in [1.82, 2.24) is 4.98 Å². The number of ether oxygens (including phenoxy) is 2. The van der Waals surface area contributed by atoms with Gasteiger partial charge in [-0.3, -0.25) is 4.98 Å². The van der Waals surface area contributed by atoms with Crippen LogP contribution in [-0.4, -0.2) is 18.1 Å². The van der Waals surface area contributed by atoms with Gasteiger partial charge in [-0.1, -0.05) is 0 Å². The minimum Gasteiger partial charge on any atom is -0.465 e. The van der Waals surface area contributed by atoms with Crippen LogP contribution in [0.15, 0.2) is 57.7 Å². The fraction of sp³-hybridized carbons (Fsp3) is 0.136. The molecule has 28 heavy (non-hydrogen) atoms. The van der Waals surface area contributed by atoms with E-state index in [9.17, 15) is 9.59 Å². The first kappa shape index (κ1) is 17.7. The number of methoxy groups -OCH3 is 1. The van der Waals surface area contributed by atoms with Crippen molar-refractivity contribution in [3.63, 3.8) is 0 Å². The van der Waals surface area contributed by atoms with Gasteiger partial charge in [0.15, 0.2) is 0 Å². The van der Waals surface area contributed by atoms with Gasteiger partial charge in [-0.2, -0.15) is 0 Å². The van der Waals surface area contributed by atoms with Crippen molar-refractivity contribution < 1.29 is 18.7 Å². The Hall–Kier alpha value is -3.67. The van der Waals surface area contributed by atoms with E-state index in [0.29, 0.717) is 33.5 Å². The molecule has 2 aromatic heterocycles. The zero-order chi connectivity index (χ0) is 19.8. The summed E-state index contributed by atoms with van der Waals surface area (Å²) in [6.45, 7) is 3.72. The normalized spacial score (nSPS) is 11.0. The molecule has 0 atom stereocenters. The highest BCUT2D eigenvalue weighted by Gasteiger charge is 2.12. The molecule has 0 aliphatic carbocycles. The number of esters is 1. The van der Waals surface area contributed by atoms with Gasteiger partial charge in [0.25, 0.3) is 0 Å². The SMILES string of the molecule is COC(=O)c1ccc2nc(C)cc(Oc3ccc4c(C)cc(=O)oc4c3)c2c1. The minimum atomic E-state index is -0.434. The summed E-state index contributed by atoms with van der Waals surface area (Å²) >= 11 is 0. The maximum atomic E-state index is 11.9. The predicted molar refractivity (Wildman–Crippen MR) is 105 cm³/mol. The number of hydrogen-bond donors (Lipinski definition) is 0. The summed E-state index contributed by atoms with van der Waals surface area (Å²) in [7, 11) is 1.34. The summed E-state index contributed by atoms with van der Waals surface area (Å²) < 4.78 is 16.2. The van der Waals surface area contributed by atoms with E-state index in [2.05, 4.69) is 4.98 Å². The molecule has 0 aliphatic heterocycles. The molecule has 0 fully saturated rings. The molecule has 0 spiro atoms. The van der Waals surface area contributed by atoms with Crippen LogP contribution in [-0.2, 0) is 4.74 Å². The lowest BCUT2D eigenvalue weighted by atomic mass is 10.1. The molecule has 6 nitrogen and oxygen atoms in total. The molecule has 0 bridgehead atoms. The second kappa shape index (κ2) is 6.81. The Kier molecular flexibility index (Phi) is 4.31. The molecule has 0 amide bonds. The Balaban J connectivity index is 1.83. The van der Waals surface area contributed by atoms with Crippen LogP contribution in [0.25, 0.3) is 21.9 Å². The summed E-state index contributed by atoms with van der Waals surface area (Å²) in [6.07, 6.45) is 0. The van der Waals surface area contributed by atoms with Crippen LogP contribution >= 0.6 is 0 Å². The molecule has 2 aromatic carbocycles. The first-order chi connectivity index (χ1) is 13.4. The zero-order valence-corrected chi connectivity index (χ0v) is 15.6. The zero-order valence-electron chi connectivity index (χ0n) is 15.6. The number of pyridine rings is 1. The first-order valence-electron chi connectivity index (χ1n) is 8.67. The Morgan fingerprint density at radius 3 is 2.61 bits per heavy atom. The highest BCUT2D eigenvalue weighted by molar-refractivity contribution is 5.96. The number of fused-ring (bicyclic) bond motifs is 2. The van der Waals surface area contributed by atoms with Gasteiger partial charge < -0.3 is 13.9 Å². The number of carbonyl (C=O) groups is 1. The van der Waals surface area contributed by atoms with Crippen LogP contribution in [0, 0.1) is 13.8 Å². The molecule has 0 saturated heterocycles. The number of aromatic nitrogens is 1. The third kappa shape index (κ3) is 3.20. The average Bonchev–Trinajstić information content (AvgIpc) is 2.66. The molecule has 2 heterocycles. The standard InChI is InChI=1S/C22H17NO5/c1-12-8-21(24)28-20-11-15(5-6-16(12)20)27-19-9-13(2)23-18-7-4-14(10-17(18)19)22(25)26-3/h4-11H,1-3H3. The van der Waals surface area contributed by atoms with E-state index in [1.807, 2.05) is 19.9 Å². The molecular weight excluding hydrogens is 358 g/mol. The first-order valence-corrected chi connectivity index (χ1v) is 8.67. The fourth-order valence-corrected chi connectivity index (χ4v) is 3.15. The van der Waals surface area contributed by atoms with Gasteiger partial charge in [-0.15, -0.1) is 0 Å². The molecule has 0 N–H and O–H groups in total. The van der Waals surface area contributed by atoms with Crippen molar-refractivity contribution in [2.24, 2.45) is 0 Å². The third-order valence-electron chi connectivity index (χ3n) is 4.47. The smallest absolute Gasteiger partial charge is 0.337 e. The second-order valence-corrected chi connectivity index (χ2v) is 6.49. The van der Waals surface area contributed by atoms with Gasteiger partial charge in [-0.05, 0) is 49.7 Å². The van der Waals surface area contributed by atoms with Gasteiger partial charge in [0.2, 0.25) is 0 Å². The van der Waals surface area contributed by atoms with Gasteiger partial charge in [0.05, 0.1) is 18.2 Å². The second-order valence-electron chi connectivity index (χ2n) is 6.49. The monoisotopic (exact) mass is 375 g/mol. The van der Waals surface area contributed by atoms with Gasteiger partial charge in [0, 0.05) is 34.7 Å². The lowest BCUT2D eigenvalue weighted by Crippen LogP contribution is -2.01. The number of aryl methyl sites for hydroxylation is 2. The van der Waals surface area contributed by atoms with Crippen LogP contribution in [0.1, 0.15) is 21.6 Å². The molecule has 4 aromatic rings. The highest BCUT2D eigenvalue weighted by Crippen LogP contribution is 2.32. The van der Waals surface area contributed by atoms with Crippen molar-refractivity contribution >= 4 is 27.8 Å². The molecule has 0 saturated carbocycles. The molecule has 6 heteroatoms. The largest absolute Gasteiger partial charge is 0.465 e. The maximum Gasteiger partial charge on any atom is 0.337 e. The number of carbonyl (C=O) groups excluding carboxylic acids is 1. The van der Waals surface area contributed by atoms with Crippen LogP contribution < -0.4 is 10.4 Å². The quantitative estimate of drug-likeness (QED) is 0.386. The number of rotatable bonds is 3. The molecule has 0 unspecified atom stereocenters. The summed E-state index contributed by atoms with van der Waals surface area (Å²) in [5.41, 5.74) is 2.77. The van der Waals surface area contributed by atoms with Crippen molar-refractivity contribution in [3.05, 3.63) is 75.8 Å². The van der Waals surface area contributed by atoms with Crippen molar-refractivity contribution in [3.8, 4) is 11.5 Å².